The van der Waals surface area contributed by atoms with Gasteiger partial charge in [-0.1, -0.05) is 13.3 Å². The van der Waals surface area contributed by atoms with Crippen molar-refractivity contribution < 1.29 is 9.53 Å². The summed E-state index contributed by atoms with van der Waals surface area (Å²) in [4.78, 5) is 18.2. The van der Waals surface area contributed by atoms with Crippen LogP contribution in [-0.4, -0.2) is 42.0 Å². The fourth-order valence-electron chi connectivity index (χ4n) is 2.36. The first-order valence-electron chi connectivity index (χ1n) is 7.78. The number of nitrogens with zero attached hydrogens (tertiary/aromatic N) is 2. The number of carbonyl (C=O) groups excluding carboxylic acids is 1. The lowest BCUT2D eigenvalue weighted by molar-refractivity contribution is -0.116. The van der Waals surface area contributed by atoms with Crippen LogP contribution in [0.5, 0.6) is 5.88 Å². The molecule has 1 aliphatic heterocycles. The molecule has 0 saturated carbocycles. The number of piperidine rings is 1. The van der Waals surface area contributed by atoms with E-state index < -0.39 is 0 Å². The maximum Gasteiger partial charge on any atom is 0.224 e. The van der Waals surface area contributed by atoms with Crippen LogP contribution in [0.25, 0.3) is 0 Å². The molecule has 1 aromatic rings. The summed E-state index contributed by atoms with van der Waals surface area (Å²) >= 11 is 0. The summed E-state index contributed by atoms with van der Waals surface area (Å²) in [7, 11) is 2.13. The van der Waals surface area contributed by atoms with Gasteiger partial charge >= 0.3 is 0 Å². The second kappa shape index (κ2) is 7.98. The molecular formula is C16H25N3O2. The second-order valence-electron chi connectivity index (χ2n) is 5.66. The summed E-state index contributed by atoms with van der Waals surface area (Å²) in [6.45, 7) is 4.20. The largest absolute Gasteiger partial charge is 0.474 e. The van der Waals surface area contributed by atoms with E-state index >= 15 is 0 Å². The van der Waals surface area contributed by atoms with Gasteiger partial charge in [0, 0.05) is 25.6 Å². The third kappa shape index (κ3) is 5.34. The Bertz CT molecular complexity index is 439. The minimum absolute atomic E-state index is 0.0441. The minimum atomic E-state index is 0.0441. The average molecular weight is 291 g/mol. The van der Waals surface area contributed by atoms with Gasteiger partial charge in [-0.3, -0.25) is 4.79 Å². The fraction of sp³-hybridized carbons (Fsp3) is 0.625. The summed E-state index contributed by atoms with van der Waals surface area (Å²) < 4.78 is 5.88. The van der Waals surface area contributed by atoms with Crippen LogP contribution in [0.3, 0.4) is 0 Å². The van der Waals surface area contributed by atoms with Crippen LogP contribution in [0.4, 0.5) is 5.69 Å². The Kier molecular flexibility index (Phi) is 5.99. The topological polar surface area (TPSA) is 54.5 Å². The Balaban J connectivity index is 1.80. The minimum Gasteiger partial charge on any atom is -0.474 e. The zero-order chi connectivity index (χ0) is 15.1. The highest BCUT2D eigenvalue weighted by atomic mass is 16.5. The summed E-state index contributed by atoms with van der Waals surface area (Å²) in [5.41, 5.74) is 0.729. The lowest BCUT2D eigenvalue weighted by Crippen LogP contribution is -2.35. The second-order valence-corrected chi connectivity index (χ2v) is 5.66. The van der Waals surface area contributed by atoms with Crippen molar-refractivity contribution >= 4 is 11.6 Å². The number of unbranched alkanes of at least 4 members (excludes halogenated alkanes) is 1. The first-order valence-corrected chi connectivity index (χ1v) is 7.78. The number of amides is 1. The van der Waals surface area contributed by atoms with Crippen molar-refractivity contribution in [3.8, 4) is 5.88 Å². The molecule has 0 aliphatic carbocycles. The number of pyridine rings is 1. The molecule has 1 aliphatic rings. The number of carbonyl (C=O) groups is 1. The number of anilines is 1. The molecule has 2 rings (SSSR count). The lowest BCUT2D eigenvalue weighted by atomic mass is 10.1. The third-order valence-electron chi connectivity index (χ3n) is 3.73. The first-order chi connectivity index (χ1) is 10.2. The smallest absolute Gasteiger partial charge is 0.224 e. The van der Waals surface area contributed by atoms with Crippen molar-refractivity contribution in [1.29, 1.82) is 0 Å². The molecule has 0 bridgehead atoms. The van der Waals surface area contributed by atoms with Crippen LogP contribution in [0.1, 0.15) is 39.0 Å². The van der Waals surface area contributed by atoms with Crippen molar-refractivity contribution in [2.45, 2.75) is 45.1 Å². The molecule has 2 heterocycles. The number of rotatable bonds is 6. The molecule has 21 heavy (non-hydrogen) atoms. The van der Waals surface area contributed by atoms with E-state index in [4.69, 9.17) is 4.74 Å². The maximum atomic E-state index is 11.6. The van der Waals surface area contributed by atoms with Crippen LogP contribution in [0.15, 0.2) is 18.3 Å². The van der Waals surface area contributed by atoms with E-state index in [9.17, 15) is 4.79 Å². The number of likely N-dealkylation sites (tertiary alicyclic amines) is 1. The maximum absolute atomic E-state index is 11.6. The first kappa shape index (κ1) is 15.8. The van der Waals surface area contributed by atoms with Gasteiger partial charge < -0.3 is 15.0 Å². The molecule has 0 atom stereocenters. The lowest BCUT2D eigenvalue weighted by Gasteiger charge is -2.28. The summed E-state index contributed by atoms with van der Waals surface area (Å²) in [6, 6.07) is 3.68. The predicted molar refractivity (Wildman–Crippen MR) is 83.5 cm³/mol. The van der Waals surface area contributed by atoms with Crippen molar-refractivity contribution in [2.75, 3.05) is 25.5 Å². The number of nitrogens with one attached hydrogen (secondary N) is 1. The van der Waals surface area contributed by atoms with Gasteiger partial charge in [-0.25, -0.2) is 4.98 Å². The standard InChI is InChI=1S/C16H25N3O2/c1-3-4-5-15(20)18-13-6-7-16(17-12-13)21-14-8-10-19(2)11-9-14/h6-7,12,14H,3-5,8-11H2,1-2H3,(H,18,20). The van der Waals surface area contributed by atoms with Gasteiger partial charge in [-0.05, 0) is 32.4 Å². The van der Waals surface area contributed by atoms with Crippen molar-refractivity contribution in [3.05, 3.63) is 18.3 Å². The molecule has 1 fully saturated rings. The molecule has 1 saturated heterocycles. The normalized spacial score (nSPS) is 16.7. The Morgan fingerprint density at radius 2 is 2.19 bits per heavy atom. The molecule has 0 aromatic carbocycles. The highest BCUT2D eigenvalue weighted by Gasteiger charge is 2.18. The van der Waals surface area contributed by atoms with Gasteiger partial charge in [-0.2, -0.15) is 0 Å². The average Bonchev–Trinajstić information content (AvgIpc) is 2.49. The Hall–Kier alpha value is -1.62. The van der Waals surface area contributed by atoms with Gasteiger partial charge in [-0.15, -0.1) is 0 Å². The Morgan fingerprint density at radius 3 is 2.81 bits per heavy atom. The van der Waals surface area contributed by atoms with Crippen molar-refractivity contribution in [1.82, 2.24) is 9.88 Å². The summed E-state index contributed by atoms with van der Waals surface area (Å²) in [6.07, 6.45) is 6.48. The third-order valence-corrected chi connectivity index (χ3v) is 3.73. The van der Waals surface area contributed by atoms with Gasteiger partial charge in [0.05, 0.1) is 11.9 Å². The van der Waals surface area contributed by atoms with Crippen LogP contribution in [-0.2, 0) is 4.79 Å². The summed E-state index contributed by atoms with van der Waals surface area (Å²) in [5.74, 6) is 0.679. The molecule has 0 radical (unpaired) electrons. The predicted octanol–water partition coefficient (Wildman–Crippen LogP) is 2.68. The Labute approximate surface area is 126 Å². The molecule has 1 N–H and O–H groups in total. The zero-order valence-electron chi connectivity index (χ0n) is 13.0. The van der Waals surface area contributed by atoms with E-state index in [1.54, 1.807) is 6.20 Å². The van der Waals surface area contributed by atoms with Crippen molar-refractivity contribution in [3.63, 3.8) is 0 Å². The van der Waals surface area contributed by atoms with Crippen LogP contribution >= 0.6 is 0 Å². The molecule has 5 heteroatoms. The summed E-state index contributed by atoms with van der Waals surface area (Å²) in [5, 5.41) is 2.85. The van der Waals surface area contributed by atoms with Gasteiger partial charge in [0.25, 0.3) is 0 Å². The van der Waals surface area contributed by atoms with Gasteiger partial charge in [0.15, 0.2) is 0 Å². The molecule has 5 nitrogen and oxygen atoms in total. The molecule has 0 unspecified atom stereocenters. The van der Waals surface area contributed by atoms with E-state index in [1.165, 1.54) is 0 Å². The molecule has 0 spiro atoms. The van der Waals surface area contributed by atoms with E-state index in [1.807, 2.05) is 12.1 Å². The monoisotopic (exact) mass is 291 g/mol. The van der Waals surface area contributed by atoms with Crippen molar-refractivity contribution in [2.24, 2.45) is 0 Å². The zero-order valence-corrected chi connectivity index (χ0v) is 13.0. The quantitative estimate of drug-likeness (QED) is 0.875. The van der Waals surface area contributed by atoms with Crippen LogP contribution in [0, 0.1) is 0 Å². The van der Waals surface area contributed by atoms with Gasteiger partial charge in [0.2, 0.25) is 11.8 Å². The molecule has 1 aromatic heterocycles. The molecule has 116 valence electrons. The highest BCUT2D eigenvalue weighted by Crippen LogP contribution is 2.18. The van der Waals surface area contributed by atoms with E-state index in [-0.39, 0.29) is 12.0 Å². The van der Waals surface area contributed by atoms with Crippen LogP contribution in [0.2, 0.25) is 0 Å². The highest BCUT2D eigenvalue weighted by molar-refractivity contribution is 5.90. The van der Waals surface area contributed by atoms with Crippen LogP contribution < -0.4 is 10.1 Å². The Morgan fingerprint density at radius 1 is 1.43 bits per heavy atom. The fourth-order valence-corrected chi connectivity index (χ4v) is 2.36. The van der Waals surface area contributed by atoms with Gasteiger partial charge in [0.1, 0.15) is 6.10 Å². The van der Waals surface area contributed by atoms with E-state index in [2.05, 4.69) is 29.2 Å². The van der Waals surface area contributed by atoms with E-state index in [0.29, 0.717) is 12.3 Å². The van der Waals surface area contributed by atoms with E-state index in [0.717, 1.165) is 44.5 Å². The molecular weight excluding hydrogens is 266 g/mol. The number of hydrogen-bond acceptors (Lipinski definition) is 4. The molecule has 1 amide bonds. The number of aromatic nitrogens is 1. The SMILES string of the molecule is CCCCC(=O)Nc1ccc(OC2CCN(C)CC2)nc1. The number of ether oxygens (including phenoxy) is 1. The number of hydrogen-bond donors (Lipinski definition) is 1.